The van der Waals surface area contributed by atoms with Gasteiger partial charge < -0.3 is 19.8 Å². The maximum absolute atomic E-state index is 13.2. The maximum Gasteiger partial charge on any atom is 0.437 e. The Balaban J connectivity index is 1.09. The highest BCUT2D eigenvalue weighted by Crippen LogP contribution is 2.30. The van der Waals surface area contributed by atoms with E-state index in [-0.39, 0.29) is 5.92 Å². The highest BCUT2D eigenvalue weighted by atomic mass is 35.5. The zero-order valence-electron chi connectivity index (χ0n) is 20.0. The number of likely N-dealkylation sites (tertiary alicyclic amines) is 2. The van der Waals surface area contributed by atoms with Gasteiger partial charge >= 0.3 is 7.62 Å². The minimum atomic E-state index is 0.127. The first-order valence-electron chi connectivity index (χ1n) is 12.3. The third-order valence-corrected chi connectivity index (χ3v) is 7.38. The van der Waals surface area contributed by atoms with E-state index < -0.39 is 0 Å². The topological polar surface area (TPSA) is 86.4 Å². The molecule has 4 heterocycles. The number of pyridine rings is 1. The molecule has 2 N–H and O–H groups in total. The van der Waals surface area contributed by atoms with Crippen LogP contribution in [0.25, 0.3) is 11.0 Å². The molecule has 0 spiro atoms. The van der Waals surface area contributed by atoms with Crippen LogP contribution < -0.4 is 5.23 Å². The molecule has 183 valence electrons. The summed E-state index contributed by atoms with van der Waals surface area (Å²) in [7, 11) is 3.11. The van der Waals surface area contributed by atoms with Gasteiger partial charge in [-0.25, -0.2) is 9.97 Å². The fourth-order valence-electron chi connectivity index (χ4n) is 5.19. The molecular weight excluding hydrogens is 463 g/mol. The molecule has 5 rings (SSSR count). The lowest BCUT2D eigenvalue weighted by Gasteiger charge is -2.37. The van der Waals surface area contributed by atoms with Crippen LogP contribution in [0.4, 0.5) is 5.82 Å². The quantitative estimate of drug-likeness (QED) is 0.487. The van der Waals surface area contributed by atoms with Crippen molar-refractivity contribution in [1.29, 1.82) is 0 Å². The Kier molecular flexibility index (Phi) is 7.56. The van der Waals surface area contributed by atoms with Gasteiger partial charge in [0.05, 0.1) is 11.0 Å². The number of halogens is 1. The van der Waals surface area contributed by atoms with E-state index in [1.807, 2.05) is 36.5 Å². The zero-order valence-corrected chi connectivity index (χ0v) is 20.8. The fraction of sp³-hybridized carbons (Fsp3) is 0.480. The van der Waals surface area contributed by atoms with Gasteiger partial charge in [-0.1, -0.05) is 11.6 Å². The van der Waals surface area contributed by atoms with Crippen molar-refractivity contribution in [3.05, 3.63) is 52.9 Å². The molecule has 2 aliphatic heterocycles. The Labute approximate surface area is 211 Å². The summed E-state index contributed by atoms with van der Waals surface area (Å²) in [5, 5.41) is 3.72. The number of amides is 1. The van der Waals surface area contributed by atoms with Gasteiger partial charge in [0.1, 0.15) is 11.6 Å². The predicted molar refractivity (Wildman–Crippen MR) is 138 cm³/mol. The van der Waals surface area contributed by atoms with Crippen LogP contribution in [0, 0.1) is 5.92 Å². The van der Waals surface area contributed by atoms with Gasteiger partial charge in [-0.15, -0.1) is 0 Å². The number of nitrogens with one attached hydrogen (secondary N) is 2. The average Bonchev–Trinajstić information content (AvgIpc) is 3.31. The van der Waals surface area contributed by atoms with E-state index in [0.29, 0.717) is 16.8 Å². The summed E-state index contributed by atoms with van der Waals surface area (Å²) in [5.41, 5.74) is 3.12. The number of nitrogens with zero attached hydrogens (tertiary/aromatic N) is 4. The van der Waals surface area contributed by atoms with E-state index in [4.69, 9.17) is 21.2 Å². The van der Waals surface area contributed by atoms with Crippen LogP contribution in [0.15, 0.2) is 36.5 Å². The summed E-state index contributed by atoms with van der Waals surface area (Å²) in [6.45, 7) is 4.33. The van der Waals surface area contributed by atoms with Crippen molar-refractivity contribution in [3.8, 4) is 0 Å². The second kappa shape index (κ2) is 11.0. The SMILES string of the molecule is CO[B]Nc1cc(CN2CCC(C(=O)N3CCC(c4nc5ccc(Cl)cc5[nH]4)CC3)CC2)ccn1. The Morgan fingerprint density at radius 2 is 1.97 bits per heavy atom. The number of hydrogen-bond acceptors (Lipinski definition) is 6. The summed E-state index contributed by atoms with van der Waals surface area (Å²) in [6.07, 6.45) is 5.52. The van der Waals surface area contributed by atoms with Crippen molar-refractivity contribution in [2.75, 3.05) is 38.5 Å². The van der Waals surface area contributed by atoms with E-state index in [0.717, 1.165) is 81.1 Å². The number of rotatable bonds is 7. The lowest BCUT2D eigenvalue weighted by Crippen LogP contribution is -2.45. The van der Waals surface area contributed by atoms with E-state index in [9.17, 15) is 4.79 Å². The molecule has 2 aromatic heterocycles. The van der Waals surface area contributed by atoms with E-state index in [1.165, 1.54) is 13.2 Å². The van der Waals surface area contributed by atoms with Crippen molar-refractivity contribution < 1.29 is 9.45 Å². The molecule has 35 heavy (non-hydrogen) atoms. The molecule has 10 heteroatoms. The Morgan fingerprint density at radius 3 is 2.74 bits per heavy atom. The number of carbonyl (C=O) groups excluding carboxylic acids is 1. The largest absolute Gasteiger partial charge is 0.437 e. The first-order valence-corrected chi connectivity index (χ1v) is 12.7. The molecule has 0 atom stereocenters. The van der Waals surface area contributed by atoms with E-state index in [2.05, 4.69) is 25.0 Å². The molecule has 2 saturated heterocycles. The van der Waals surface area contributed by atoms with Gasteiger partial charge in [0.2, 0.25) is 5.91 Å². The molecule has 0 unspecified atom stereocenters. The van der Waals surface area contributed by atoms with Crippen LogP contribution in [0.3, 0.4) is 0 Å². The number of imidazole rings is 1. The first kappa shape index (κ1) is 24.1. The summed E-state index contributed by atoms with van der Waals surface area (Å²) >= 11 is 6.11. The smallest absolute Gasteiger partial charge is 0.422 e. The minimum Gasteiger partial charge on any atom is -0.422 e. The third kappa shape index (κ3) is 5.79. The fourth-order valence-corrected chi connectivity index (χ4v) is 5.37. The van der Waals surface area contributed by atoms with Crippen LogP contribution in [-0.2, 0) is 16.0 Å². The highest BCUT2D eigenvalue weighted by molar-refractivity contribution is 6.32. The van der Waals surface area contributed by atoms with Crippen LogP contribution in [-0.4, -0.2) is 71.6 Å². The zero-order chi connectivity index (χ0) is 24.2. The van der Waals surface area contributed by atoms with Gasteiger partial charge in [0.15, 0.2) is 0 Å². The molecule has 2 aliphatic rings. The van der Waals surface area contributed by atoms with Gasteiger partial charge in [-0.2, -0.15) is 0 Å². The number of aromatic nitrogens is 3. The van der Waals surface area contributed by atoms with Crippen LogP contribution in [0.1, 0.15) is 43.0 Å². The Bertz CT molecular complexity index is 1160. The second-order valence-electron chi connectivity index (χ2n) is 9.48. The number of hydrogen-bond donors (Lipinski definition) is 2. The van der Waals surface area contributed by atoms with E-state index >= 15 is 0 Å². The van der Waals surface area contributed by atoms with Crippen molar-refractivity contribution in [2.24, 2.45) is 5.92 Å². The number of fused-ring (bicyclic) bond motifs is 1. The number of H-pyrrole nitrogens is 1. The summed E-state index contributed by atoms with van der Waals surface area (Å²) in [6, 6.07) is 9.81. The highest BCUT2D eigenvalue weighted by Gasteiger charge is 2.32. The maximum atomic E-state index is 13.2. The summed E-state index contributed by atoms with van der Waals surface area (Å²) < 4.78 is 4.93. The Morgan fingerprint density at radius 1 is 1.17 bits per heavy atom. The Hall–Kier alpha value is -2.62. The average molecular weight is 494 g/mol. The van der Waals surface area contributed by atoms with Crippen LogP contribution in [0.5, 0.6) is 0 Å². The molecule has 1 radical (unpaired) electrons. The summed E-state index contributed by atoms with van der Waals surface area (Å²) in [4.78, 5) is 30.2. The molecule has 8 nitrogen and oxygen atoms in total. The van der Waals surface area contributed by atoms with Crippen molar-refractivity contribution in [3.63, 3.8) is 0 Å². The molecule has 0 aliphatic carbocycles. The van der Waals surface area contributed by atoms with Gasteiger partial charge in [-0.05, 0) is 74.7 Å². The molecule has 0 bridgehead atoms. The van der Waals surface area contributed by atoms with Gasteiger partial charge in [0.25, 0.3) is 0 Å². The van der Waals surface area contributed by atoms with Crippen LogP contribution >= 0.6 is 11.6 Å². The van der Waals surface area contributed by atoms with Crippen molar-refractivity contribution >= 4 is 42.0 Å². The number of piperidine rings is 2. The second-order valence-corrected chi connectivity index (χ2v) is 9.92. The van der Waals surface area contributed by atoms with Gasteiger partial charge in [0, 0.05) is 49.8 Å². The normalized spacial score (nSPS) is 18.2. The van der Waals surface area contributed by atoms with E-state index in [1.54, 1.807) is 7.11 Å². The molecule has 0 saturated carbocycles. The standard InChI is InChI=1S/C25H31BClN6O2/c1-35-26-31-23-14-17(4-9-28-23)16-32-10-5-19(6-11-32)25(34)33-12-7-18(8-13-33)24-29-21-3-2-20(27)15-22(21)30-24/h2-4,9,14-15,18-19H,5-8,10-13,16H2,1H3,(H,28,31)(H,29,30). The minimum absolute atomic E-state index is 0.127. The molecule has 3 aromatic rings. The number of benzene rings is 1. The lowest BCUT2D eigenvalue weighted by molar-refractivity contribution is -0.138. The lowest BCUT2D eigenvalue weighted by atomic mass is 9.91. The van der Waals surface area contributed by atoms with Crippen LogP contribution in [0.2, 0.25) is 5.02 Å². The van der Waals surface area contributed by atoms with Crippen molar-refractivity contribution in [2.45, 2.75) is 38.1 Å². The molecule has 1 aromatic carbocycles. The van der Waals surface area contributed by atoms with Crippen molar-refractivity contribution in [1.82, 2.24) is 24.8 Å². The first-order chi connectivity index (χ1) is 17.1. The molecular formula is C25H31BClN6O2. The predicted octanol–water partition coefficient (Wildman–Crippen LogP) is 3.82. The number of carbonyl (C=O) groups is 1. The monoisotopic (exact) mass is 493 g/mol. The van der Waals surface area contributed by atoms with Gasteiger partial charge in [-0.3, -0.25) is 9.69 Å². The summed E-state index contributed by atoms with van der Waals surface area (Å²) in [5.74, 6) is 2.59. The number of anilines is 1. The molecule has 1 amide bonds. The number of aromatic amines is 1. The third-order valence-electron chi connectivity index (χ3n) is 7.15. The molecule has 2 fully saturated rings.